The SMILES string of the molecule is CC.CC.CN(N)/C1=C(\N)c2ccccc2CN(C)c2ccccc21. The monoisotopic (exact) mass is 340 g/mol. The van der Waals surface area contributed by atoms with Gasteiger partial charge in [-0.25, -0.2) is 5.84 Å². The molecule has 0 saturated carbocycles. The second kappa shape index (κ2) is 9.74. The van der Waals surface area contributed by atoms with E-state index >= 15 is 0 Å². The van der Waals surface area contributed by atoms with Gasteiger partial charge in [0.1, 0.15) is 0 Å². The first kappa shape index (κ1) is 20.6. The van der Waals surface area contributed by atoms with Crippen LogP contribution >= 0.6 is 0 Å². The Bertz CT molecular complexity index is 705. The van der Waals surface area contributed by atoms with Crippen LogP contribution in [-0.4, -0.2) is 19.1 Å². The minimum absolute atomic E-state index is 0.719. The van der Waals surface area contributed by atoms with Gasteiger partial charge in [0.2, 0.25) is 0 Å². The van der Waals surface area contributed by atoms with Gasteiger partial charge in [-0.15, -0.1) is 0 Å². The average Bonchev–Trinajstić information content (AvgIpc) is 2.65. The van der Waals surface area contributed by atoms with Gasteiger partial charge in [-0.05, 0) is 11.6 Å². The van der Waals surface area contributed by atoms with Crippen molar-refractivity contribution in [2.24, 2.45) is 11.6 Å². The summed E-state index contributed by atoms with van der Waals surface area (Å²) in [7, 11) is 3.91. The van der Waals surface area contributed by atoms with Crippen molar-refractivity contribution in [1.82, 2.24) is 5.01 Å². The molecular weight excluding hydrogens is 308 g/mol. The van der Waals surface area contributed by atoms with Crippen LogP contribution in [0.3, 0.4) is 0 Å². The van der Waals surface area contributed by atoms with E-state index < -0.39 is 0 Å². The van der Waals surface area contributed by atoms with Crippen molar-refractivity contribution >= 4 is 17.1 Å². The summed E-state index contributed by atoms with van der Waals surface area (Å²) in [6.45, 7) is 8.81. The Morgan fingerprint density at radius 1 is 0.880 bits per heavy atom. The van der Waals surface area contributed by atoms with E-state index in [4.69, 9.17) is 11.6 Å². The van der Waals surface area contributed by atoms with Crippen molar-refractivity contribution in [3.05, 3.63) is 65.2 Å². The lowest BCUT2D eigenvalue weighted by Gasteiger charge is -2.30. The molecule has 0 aromatic heterocycles. The standard InChI is InChI=1S/C17H20N4.2C2H6/c1-20-11-12-7-3-4-8-13(12)16(18)17(21(2)19)14-9-5-6-10-15(14)20;2*1-2/h3-10H,11,18-19H2,1-2H3;2*1-2H3/b17-16-;;. The zero-order valence-electron chi connectivity index (χ0n) is 16.4. The van der Waals surface area contributed by atoms with Crippen LogP contribution in [0.15, 0.2) is 48.5 Å². The molecule has 25 heavy (non-hydrogen) atoms. The van der Waals surface area contributed by atoms with Gasteiger partial charge in [0.25, 0.3) is 0 Å². The lowest BCUT2D eigenvalue weighted by molar-refractivity contribution is 0.511. The summed E-state index contributed by atoms with van der Waals surface area (Å²) in [5.41, 5.74) is 12.5. The molecule has 0 aliphatic carbocycles. The van der Waals surface area contributed by atoms with E-state index in [9.17, 15) is 0 Å². The van der Waals surface area contributed by atoms with Gasteiger partial charge in [0.05, 0.1) is 11.4 Å². The molecule has 4 heteroatoms. The average molecular weight is 341 g/mol. The van der Waals surface area contributed by atoms with Gasteiger partial charge in [-0.3, -0.25) is 0 Å². The number of anilines is 1. The third-order valence-corrected chi connectivity index (χ3v) is 3.89. The molecule has 1 aliphatic heterocycles. The molecule has 2 aromatic carbocycles. The molecule has 0 spiro atoms. The molecule has 0 fully saturated rings. The first-order valence-corrected chi connectivity index (χ1v) is 8.96. The summed E-state index contributed by atoms with van der Waals surface area (Å²) in [4.78, 5) is 2.23. The Morgan fingerprint density at radius 2 is 1.40 bits per heavy atom. The fourth-order valence-corrected chi connectivity index (χ4v) is 2.92. The predicted molar refractivity (Wildman–Crippen MR) is 111 cm³/mol. The fraction of sp³-hybridized carbons (Fsp3) is 0.333. The van der Waals surface area contributed by atoms with Gasteiger partial charge < -0.3 is 15.6 Å². The maximum absolute atomic E-state index is 6.46. The molecule has 0 radical (unpaired) electrons. The molecule has 1 heterocycles. The summed E-state index contributed by atoms with van der Waals surface area (Å²) >= 11 is 0. The molecule has 3 rings (SSSR count). The minimum atomic E-state index is 0.719. The topological polar surface area (TPSA) is 58.5 Å². The molecule has 1 aliphatic rings. The highest BCUT2D eigenvalue weighted by molar-refractivity contribution is 5.93. The van der Waals surface area contributed by atoms with Crippen molar-refractivity contribution in [2.45, 2.75) is 34.2 Å². The smallest absolute Gasteiger partial charge is 0.0843 e. The van der Waals surface area contributed by atoms with E-state index in [1.54, 1.807) is 5.01 Å². The van der Waals surface area contributed by atoms with Crippen molar-refractivity contribution < 1.29 is 0 Å². The maximum Gasteiger partial charge on any atom is 0.0843 e. The van der Waals surface area contributed by atoms with Gasteiger partial charge in [0, 0.05) is 37.5 Å². The number of hydrogen-bond acceptors (Lipinski definition) is 4. The summed E-state index contributed by atoms with van der Waals surface area (Å²) < 4.78 is 0. The molecule has 4 nitrogen and oxygen atoms in total. The van der Waals surface area contributed by atoms with E-state index in [2.05, 4.69) is 36.2 Å². The Balaban J connectivity index is 0.000000730. The molecule has 4 N–H and O–H groups in total. The minimum Gasteiger partial charge on any atom is -0.396 e. The van der Waals surface area contributed by atoms with Crippen LogP contribution in [0.4, 0.5) is 5.69 Å². The number of nitrogens with two attached hydrogens (primary N) is 2. The Hall–Kier alpha value is -2.46. The number of rotatable bonds is 1. The molecule has 0 amide bonds. The lowest BCUT2D eigenvalue weighted by atomic mass is 9.96. The summed E-state index contributed by atoms with van der Waals surface area (Å²) in [5, 5.41) is 1.60. The molecule has 0 atom stereocenters. The van der Waals surface area contributed by atoms with Crippen LogP contribution in [0.2, 0.25) is 0 Å². The van der Waals surface area contributed by atoms with Crippen molar-refractivity contribution in [3.8, 4) is 0 Å². The molecular formula is C21H32N4. The number of fused-ring (bicyclic) bond motifs is 2. The lowest BCUT2D eigenvalue weighted by Crippen LogP contribution is -2.30. The van der Waals surface area contributed by atoms with E-state index in [0.29, 0.717) is 0 Å². The predicted octanol–water partition coefficient (Wildman–Crippen LogP) is 4.28. The third kappa shape index (κ3) is 4.34. The molecule has 0 saturated heterocycles. The van der Waals surface area contributed by atoms with Crippen LogP contribution in [-0.2, 0) is 6.54 Å². The van der Waals surface area contributed by atoms with E-state index in [-0.39, 0.29) is 0 Å². The van der Waals surface area contributed by atoms with Crippen molar-refractivity contribution in [3.63, 3.8) is 0 Å². The van der Waals surface area contributed by atoms with E-state index in [0.717, 1.165) is 34.8 Å². The molecule has 136 valence electrons. The summed E-state index contributed by atoms with van der Waals surface area (Å²) in [6.07, 6.45) is 0. The van der Waals surface area contributed by atoms with Crippen LogP contribution in [0, 0.1) is 0 Å². The second-order valence-corrected chi connectivity index (χ2v) is 5.40. The fourth-order valence-electron chi connectivity index (χ4n) is 2.92. The van der Waals surface area contributed by atoms with E-state index in [1.807, 2.05) is 59.0 Å². The van der Waals surface area contributed by atoms with Gasteiger partial charge >= 0.3 is 0 Å². The van der Waals surface area contributed by atoms with Crippen LogP contribution in [0.1, 0.15) is 44.4 Å². The van der Waals surface area contributed by atoms with Gasteiger partial charge in [-0.1, -0.05) is 70.2 Å². The van der Waals surface area contributed by atoms with Gasteiger partial charge in [0.15, 0.2) is 0 Å². The highest BCUT2D eigenvalue weighted by Crippen LogP contribution is 2.35. The third-order valence-electron chi connectivity index (χ3n) is 3.89. The molecule has 2 aromatic rings. The number of benzene rings is 2. The summed E-state index contributed by atoms with van der Waals surface area (Å²) in [6, 6.07) is 16.4. The largest absolute Gasteiger partial charge is 0.396 e. The van der Waals surface area contributed by atoms with Crippen molar-refractivity contribution in [1.29, 1.82) is 0 Å². The number of nitrogens with zero attached hydrogens (tertiary/aromatic N) is 2. The normalized spacial score (nSPS) is 15.2. The first-order valence-electron chi connectivity index (χ1n) is 8.96. The van der Waals surface area contributed by atoms with E-state index in [1.165, 1.54) is 5.56 Å². The van der Waals surface area contributed by atoms with Crippen LogP contribution in [0.25, 0.3) is 11.4 Å². The first-order chi connectivity index (χ1) is 12.1. The van der Waals surface area contributed by atoms with Crippen LogP contribution in [0.5, 0.6) is 0 Å². The highest BCUT2D eigenvalue weighted by Gasteiger charge is 2.21. The van der Waals surface area contributed by atoms with Crippen LogP contribution < -0.4 is 16.5 Å². The second-order valence-electron chi connectivity index (χ2n) is 5.40. The summed E-state index contributed by atoms with van der Waals surface area (Å²) in [5.74, 6) is 6.07. The maximum atomic E-state index is 6.46. The quantitative estimate of drug-likeness (QED) is 0.601. The zero-order chi connectivity index (χ0) is 19.0. The highest BCUT2D eigenvalue weighted by atomic mass is 15.4. The zero-order valence-corrected chi connectivity index (χ0v) is 16.4. The Kier molecular flexibility index (Phi) is 8.02. The van der Waals surface area contributed by atoms with Gasteiger partial charge in [-0.2, -0.15) is 0 Å². The Morgan fingerprint density at radius 3 is 2.00 bits per heavy atom. The number of hydrogen-bond donors (Lipinski definition) is 2. The molecule has 0 unspecified atom stereocenters. The molecule has 0 bridgehead atoms. The number of hydrazine groups is 1. The number of para-hydroxylation sites is 1. The van der Waals surface area contributed by atoms with Crippen molar-refractivity contribution in [2.75, 3.05) is 19.0 Å². The Labute approximate surface area is 152 Å².